The fourth-order valence-electron chi connectivity index (χ4n) is 1.21. The van der Waals surface area contributed by atoms with E-state index in [-0.39, 0.29) is 11.8 Å². The number of halogens is 1. The Morgan fingerprint density at radius 1 is 1.77 bits per heavy atom. The molecule has 1 heterocycles. The summed E-state index contributed by atoms with van der Waals surface area (Å²) in [6, 6.07) is -0.946. The molecule has 72 valence electrons. The third-order valence-corrected chi connectivity index (χ3v) is 2.33. The first-order valence-corrected chi connectivity index (χ1v) is 4.37. The second-order valence-electron chi connectivity index (χ2n) is 2.87. The number of hydrogen-bond donors (Lipinski definition) is 1. The van der Waals surface area contributed by atoms with Gasteiger partial charge in [-0.3, -0.25) is 4.79 Å². The van der Waals surface area contributed by atoms with E-state index in [0.29, 0.717) is 18.5 Å². The van der Waals surface area contributed by atoms with E-state index in [2.05, 4.69) is 6.58 Å². The van der Waals surface area contributed by atoms with Gasteiger partial charge in [-0.15, -0.1) is 11.6 Å². The predicted molar refractivity (Wildman–Crippen MR) is 47.6 cm³/mol. The SMILES string of the molecule is C=C(CCl)C(C(=O)O)N1CCC1=O. The number of nitrogens with zero attached hydrogens (tertiary/aromatic N) is 1. The maximum atomic E-state index is 11.0. The second-order valence-corrected chi connectivity index (χ2v) is 3.14. The fourth-order valence-corrected chi connectivity index (χ4v) is 1.35. The lowest BCUT2D eigenvalue weighted by atomic mass is 10.0. The fraction of sp³-hybridized carbons (Fsp3) is 0.500. The van der Waals surface area contributed by atoms with Crippen molar-refractivity contribution < 1.29 is 14.7 Å². The highest BCUT2D eigenvalue weighted by molar-refractivity contribution is 6.19. The Hall–Kier alpha value is -1.03. The molecule has 1 amide bonds. The molecule has 0 aromatic heterocycles. The number of amides is 1. The Labute approximate surface area is 80.8 Å². The van der Waals surface area contributed by atoms with Crippen LogP contribution in [0.5, 0.6) is 0 Å². The number of alkyl halides is 1. The summed E-state index contributed by atoms with van der Waals surface area (Å²) >= 11 is 5.46. The zero-order chi connectivity index (χ0) is 10.0. The molecule has 4 nitrogen and oxygen atoms in total. The van der Waals surface area contributed by atoms with Gasteiger partial charge in [-0.2, -0.15) is 0 Å². The number of likely N-dealkylation sites (tertiary alicyclic amines) is 1. The number of carbonyl (C=O) groups excluding carboxylic acids is 1. The van der Waals surface area contributed by atoms with Crippen LogP contribution in [0, 0.1) is 0 Å². The molecule has 1 unspecified atom stereocenters. The van der Waals surface area contributed by atoms with Gasteiger partial charge in [0.15, 0.2) is 6.04 Å². The number of hydrogen-bond acceptors (Lipinski definition) is 2. The maximum absolute atomic E-state index is 11.0. The molecular formula is C8H10ClNO3. The van der Waals surface area contributed by atoms with Crippen molar-refractivity contribution in [3.63, 3.8) is 0 Å². The highest BCUT2D eigenvalue weighted by atomic mass is 35.5. The summed E-state index contributed by atoms with van der Waals surface area (Å²) in [5.41, 5.74) is 0.349. The van der Waals surface area contributed by atoms with Crippen LogP contribution >= 0.6 is 11.6 Å². The molecule has 0 spiro atoms. The Balaban J connectivity index is 2.73. The van der Waals surface area contributed by atoms with Crippen LogP contribution in [0.3, 0.4) is 0 Å². The minimum absolute atomic E-state index is 0.0563. The molecule has 0 aromatic rings. The van der Waals surface area contributed by atoms with Crippen molar-refractivity contribution in [3.8, 4) is 0 Å². The topological polar surface area (TPSA) is 57.6 Å². The van der Waals surface area contributed by atoms with E-state index in [1.165, 1.54) is 4.90 Å². The van der Waals surface area contributed by atoms with Crippen LogP contribution in [0.25, 0.3) is 0 Å². The van der Waals surface area contributed by atoms with Crippen molar-refractivity contribution in [3.05, 3.63) is 12.2 Å². The summed E-state index contributed by atoms with van der Waals surface area (Å²) in [5, 5.41) is 8.81. The molecule has 13 heavy (non-hydrogen) atoms. The number of carboxylic acid groups (broad SMARTS) is 1. The molecule has 0 saturated carbocycles. The zero-order valence-corrected chi connectivity index (χ0v) is 7.75. The van der Waals surface area contributed by atoms with E-state index in [4.69, 9.17) is 16.7 Å². The maximum Gasteiger partial charge on any atom is 0.330 e. The first kappa shape index (κ1) is 10.1. The van der Waals surface area contributed by atoms with Gasteiger partial charge in [0.05, 0.1) is 0 Å². The lowest BCUT2D eigenvalue weighted by molar-refractivity contribution is -0.154. The summed E-state index contributed by atoms with van der Waals surface area (Å²) in [6.45, 7) is 4.00. The monoisotopic (exact) mass is 203 g/mol. The lowest BCUT2D eigenvalue weighted by Gasteiger charge is -2.36. The largest absolute Gasteiger partial charge is 0.479 e. The van der Waals surface area contributed by atoms with Crippen molar-refractivity contribution in [1.82, 2.24) is 4.90 Å². The average Bonchev–Trinajstić information content (AvgIpc) is 2.09. The molecule has 1 aliphatic heterocycles. The molecular weight excluding hydrogens is 194 g/mol. The number of carboxylic acids is 1. The molecule has 1 rings (SSSR count). The normalized spacial score (nSPS) is 17.9. The minimum Gasteiger partial charge on any atom is -0.479 e. The van der Waals surface area contributed by atoms with Crippen LogP contribution < -0.4 is 0 Å². The summed E-state index contributed by atoms with van der Waals surface area (Å²) in [5.74, 6) is -1.17. The Kier molecular flexibility index (Phi) is 2.93. The molecule has 1 aliphatic rings. The van der Waals surface area contributed by atoms with E-state index in [1.54, 1.807) is 0 Å². The summed E-state index contributed by atoms with van der Waals surface area (Å²) in [7, 11) is 0. The minimum atomic E-state index is -1.07. The van der Waals surface area contributed by atoms with Crippen LogP contribution in [0.4, 0.5) is 0 Å². The number of β-lactam (4-membered cyclic amide) rings is 1. The van der Waals surface area contributed by atoms with Crippen LogP contribution in [-0.4, -0.2) is 40.3 Å². The molecule has 5 heteroatoms. The first-order chi connectivity index (χ1) is 6.07. The van der Waals surface area contributed by atoms with E-state index in [1.807, 2.05) is 0 Å². The highest BCUT2D eigenvalue weighted by Crippen LogP contribution is 2.19. The van der Waals surface area contributed by atoms with Crippen molar-refractivity contribution in [2.45, 2.75) is 12.5 Å². The van der Waals surface area contributed by atoms with Gasteiger partial charge < -0.3 is 10.0 Å². The molecule has 1 N–H and O–H groups in total. The molecule has 0 radical (unpaired) electrons. The highest BCUT2D eigenvalue weighted by Gasteiger charge is 2.36. The Morgan fingerprint density at radius 2 is 2.38 bits per heavy atom. The average molecular weight is 204 g/mol. The quantitative estimate of drug-likeness (QED) is 0.411. The standard InChI is InChI=1S/C8H10ClNO3/c1-5(4-9)7(8(12)13)10-3-2-6(10)11/h7H,1-4H2,(H,12,13). The predicted octanol–water partition coefficient (Wildman–Crippen LogP) is 0.467. The van der Waals surface area contributed by atoms with Crippen LogP contribution in [-0.2, 0) is 9.59 Å². The molecule has 1 saturated heterocycles. The molecule has 0 aromatic carbocycles. The molecule has 1 atom stereocenters. The van der Waals surface area contributed by atoms with E-state index in [9.17, 15) is 9.59 Å². The van der Waals surface area contributed by atoms with Gasteiger partial charge in [0.2, 0.25) is 5.91 Å². The van der Waals surface area contributed by atoms with Gasteiger partial charge in [-0.1, -0.05) is 6.58 Å². The van der Waals surface area contributed by atoms with Crippen LogP contribution in [0.1, 0.15) is 6.42 Å². The molecule has 0 bridgehead atoms. The lowest BCUT2D eigenvalue weighted by Crippen LogP contribution is -2.54. The third kappa shape index (κ3) is 1.83. The third-order valence-electron chi connectivity index (χ3n) is 1.99. The smallest absolute Gasteiger partial charge is 0.330 e. The Morgan fingerprint density at radius 3 is 2.62 bits per heavy atom. The Bertz CT molecular complexity index is 264. The second kappa shape index (κ2) is 3.79. The van der Waals surface area contributed by atoms with Crippen molar-refractivity contribution in [2.24, 2.45) is 0 Å². The van der Waals surface area contributed by atoms with Gasteiger partial charge in [-0.05, 0) is 5.57 Å². The van der Waals surface area contributed by atoms with Crippen molar-refractivity contribution in [1.29, 1.82) is 0 Å². The van der Waals surface area contributed by atoms with Crippen molar-refractivity contribution in [2.75, 3.05) is 12.4 Å². The van der Waals surface area contributed by atoms with Crippen molar-refractivity contribution >= 4 is 23.5 Å². The number of aliphatic carboxylic acids is 1. The van der Waals surface area contributed by atoms with Gasteiger partial charge in [0.25, 0.3) is 0 Å². The van der Waals surface area contributed by atoms with Gasteiger partial charge in [0, 0.05) is 18.8 Å². The van der Waals surface area contributed by atoms with E-state index >= 15 is 0 Å². The van der Waals surface area contributed by atoms with E-state index < -0.39 is 12.0 Å². The van der Waals surface area contributed by atoms with E-state index in [0.717, 1.165) is 0 Å². The van der Waals surface area contributed by atoms with Gasteiger partial charge in [-0.25, -0.2) is 4.79 Å². The summed E-state index contributed by atoms with van der Waals surface area (Å²) < 4.78 is 0. The van der Waals surface area contributed by atoms with Gasteiger partial charge in [0.1, 0.15) is 0 Å². The van der Waals surface area contributed by atoms with Crippen LogP contribution in [0.15, 0.2) is 12.2 Å². The zero-order valence-electron chi connectivity index (χ0n) is 6.99. The molecule has 1 fully saturated rings. The van der Waals surface area contributed by atoms with Crippen LogP contribution in [0.2, 0.25) is 0 Å². The van der Waals surface area contributed by atoms with Gasteiger partial charge >= 0.3 is 5.97 Å². The summed E-state index contributed by atoms with van der Waals surface area (Å²) in [6.07, 6.45) is 0.416. The number of rotatable bonds is 4. The summed E-state index contributed by atoms with van der Waals surface area (Å²) in [4.78, 5) is 23.0. The molecule has 0 aliphatic carbocycles. The number of carbonyl (C=O) groups is 2. The first-order valence-electron chi connectivity index (χ1n) is 3.84.